The zero-order valence-electron chi connectivity index (χ0n) is 18.1. The van der Waals surface area contributed by atoms with E-state index in [-0.39, 0.29) is 35.7 Å². The van der Waals surface area contributed by atoms with Crippen molar-refractivity contribution >= 4 is 34.6 Å². The molecular formula is C25H24N4O4. The van der Waals surface area contributed by atoms with Crippen LogP contribution in [0, 0.1) is 11.8 Å². The molecule has 1 N–H and O–H groups in total. The lowest BCUT2D eigenvalue weighted by molar-refractivity contribution is -0.127. The second kappa shape index (κ2) is 7.72. The van der Waals surface area contributed by atoms with Crippen LogP contribution in [0.5, 0.6) is 11.5 Å². The number of rotatable bonds is 6. The normalized spacial score (nSPS) is 17.6. The molecule has 3 aliphatic carbocycles. The van der Waals surface area contributed by atoms with E-state index < -0.39 is 0 Å². The maximum Gasteiger partial charge on any atom is 0.326 e. The lowest BCUT2D eigenvalue weighted by atomic mass is 10.2. The highest BCUT2D eigenvalue weighted by Crippen LogP contribution is 2.38. The number of benzene rings is 1. The number of nitrogens with zero attached hydrogens (tertiary/aromatic N) is 3. The van der Waals surface area contributed by atoms with E-state index in [1.807, 2.05) is 18.2 Å². The number of nitrogens with one attached hydrogen (secondary N) is 1. The smallest absolute Gasteiger partial charge is 0.326 e. The zero-order valence-corrected chi connectivity index (χ0v) is 18.1. The van der Waals surface area contributed by atoms with E-state index in [1.165, 1.54) is 4.90 Å². The second-order valence-electron chi connectivity index (χ2n) is 9.14. The van der Waals surface area contributed by atoms with Gasteiger partial charge in [-0.25, -0.2) is 14.7 Å². The first-order chi connectivity index (χ1) is 16.1. The fraction of sp³-hybridized carbons (Fsp3) is 0.360. The van der Waals surface area contributed by atoms with Gasteiger partial charge in [-0.3, -0.25) is 14.2 Å². The van der Waals surface area contributed by atoms with Crippen LogP contribution < -0.4 is 15.0 Å². The number of hydrogen-bond acceptors (Lipinski definition) is 5. The number of carbonyl (C=O) groups is 3. The van der Waals surface area contributed by atoms with Gasteiger partial charge in [0, 0.05) is 41.7 Å². The molecule has 2 aromatic heterocycles. The highest BCUT2D eigenvalue weighted by Gasteiger charge is 2.42. The molecule has 3 aliphatic rings. The van der Waals surface area contributed by atoms with Crippen molar-refractivity contribution in [3.8, 4) is 11.5 Å². The Bertz CT molecular complexity index is 1250. The SMILES string of the molecule is O=C(C1CC1)N(C(=O)C1CC1)c1cc(Oc2ccc3c(ccn3C(=O)NC3CC3)c2)ccn1. The van der Waals surface area contributed by atoms with Crippen LogP contribution in [0.2, 0.25) is 0 Å². The fourth-order valence-corrected chi connectivity index (χ4v) is 3.91. The van der Waals surface area contributed by atoms with Gasteiger partial charge in [0.15, 0.2) is 0 Å². The number of imide groups is 1. The highest BCUT2D eigenvalue weighted by molar-refractivity contribution is 6.16. The summed E-state index contributed by atoms with van der Waals surface area (Å²) in [4.78, 5) is 43.6. The van der Waals surface area contributed by atoms with Crippen molar-refractivity contribution in [3.63, 3.8) is 0 Å². The Kier molecular flexibility index (Phi) is 4.67. The molecule has 2 heterocycles. The number of amides is 3. The van der Waals surface area contributed by atoms with Crippen LogP contribution >= 0.6 is 0 Å². The summed E-state index contributed by atoms with van der Waals surface area (Å²) in [7, 11) is 0. The van der Waals surface area contributed by atoms with E-state index in [0.29, 0.717) is 17.3 Å². The van der Waals surface area contributed by atoms with Crippen molar-refractivity contribution in [2.24, 2.45) is 11.8 Å². The lowest BCUT2D eigenvalue weighted by Crippen LogP contribution is -2.39. The molecule has 33 heavy (non-hydrogen) atoms. The summed E-state index contributed by atoms with van der Waals surface area (Å²) in [6.45, 7) is 0. The molecule has 3 saturated carbocycles. The van der Waals surface area contributed by atoms with Gasteiger partial charge in [-0.1, -0.05) is 0 Å². The predicted octanol–water partition coefficient (Wildman–Crippen LogP) is 4.23. The number of ether oxygens (including phenoxy) is 1. The summed E-state index contributed by atoms with van der Waals surface area (Å²) < 4.78 is 7.64. The van der Waals surface area contributed by atoms with Crippen molar-refractivity contribution in [1.29, 1.82) is 0 Å². The minimum Gasteiger partial charge on any atom is -0.457 e. The first-order valence-electron chi connectivity index (χ1n) is 11.5. The molecule has 0 spiro atoms. The number of anilines is 1. The molecule has 0 aliphatic heterocycles. The van der Waals surface area contributed by atoms with Crippen molar-refractivity contribution in [3.05, 3.63) is 48.8 Å². The quantitative estimate of drug-likeness (QED) is 0.575. The molecule has 0 unspecified atom stereocenters. The molecule has 3 fully saturated rings. The first-order valence-corrected chi connectivity index (χ1v) is 11.5. The summed E-state index contributed by atoms with van der Waals surface area (Å²) in [5.41, 5.74) is 0.798. The molecule has 0 atom stereocenters. The molecule has 168 valence electrons. The van der Waals surface area contributed by atoms with E-state index in [0.717, 1.165) is 49.4 Å². The molecule has 8 nitrogen and oxygen atoms in total. The van der Waals surface area contributed by atoms with Crippen molar-refractivity contribution < 1.29 is 19.1 Å². The summed E-state index contributed by atoms with van der Waals surface area (Å²) in [5.74, 6) is 0.902. The monoisotopic (exact) mass is 444 g/mol. The third-order valence-electron chi connectivity index (χ3n) is 6.26. The van der Waals surface area contributed by atoms with Crippen LogP contribution in [0.4, 0.5) is 10.6 Å². The standard InChI is InChI=1S/C25H24N4O4/c30-23(15-1-2-15)29(24(31)16-3-4-16)22-14-20(9-11-26-22)33-19-7-8-21-17(13-19)10-12-28(21)25(32)27-18-5-6-18/h7-16,18H,1-6H2,(H,27,32). The average molecular weight is 444 g/mol. The maximum atomic E-state index is 12.8. The Hall–Kier alpha value is -3.68. The first kappa shape index (κ1) is 20.0. The molecule has 0 radical (unpaired) electrons. The Morgan fingerprint density at radius 3 is 2.27 bits per heavy atom. The summed E-state index contributed by atoms with van der Waals surface area (Å²) >= 11 is 0. The molecule has 3 aromatic rings. The summed E-state index contributed by atoms with van der Waals surface area (Å²) in [5, 5.41) is 3.87. The zero-order chi connectivity index (χ0) is 22.5. The van der Waals surface area contributed by atoms with Crippen LogP contribution in [-0.2, 0) is 9.59 Å². The van der Waals surface area contributed by atoms with Gasteiger partial charge in [0.25, 0.3) is 0 Å². The van der Waals surface area contributed by atoms with Crippen LogP contribution in [0.3, 0.4) is 0 Å². The van der Waals surface area contributed by atoms with E-state index >= 15 is 0 Å². The number of fused-ring (bicyclic) bond motifs is 1. The van der Waals surface area contributed by atoms with E-state index in [2.05, 4.69) is 10.3 Å². The van der Waals surface area contributed by atoms with Gasteiger partial charge in [-0.15, -0.1) is 0 Å². The van der Waals surface area contributed by atoms with Crippen molar-refractivity contribution in [2.45, 2.75) is 44.6 Å². The Morgan fingerprint density at radius 1 is 0.909 bits per heavy atom. The lowest BCUT2D eigenvalue weighted by Gasteiger charge is -2.20. The minimum absolute atomic E-state index is 0.0809. The number of hydrogen-bond donors (Lipinski definition) is 1. The van der Waals surface area contributed by atoms with Gasteiger partial charge < -0.3 is 10.1 Å². The Labute approximate surface area is 190 Å². The van der Waals surface area contributed by atoms with Crippen molar-refractivity contribution in [1.82, 2.24) is 14.9 Å². The minimum atomic E-state index is -0.163. The third kappa shape index (κ3) is 4.08. The van der Waals surface area contributed by atoms with Crippen LogP contribution in [0.25, 0.3) is 10.9 Å². The molecular weight excluding hydrogens is 420 g/mol. The predicted molar refractivity (Wildman–Crippen MR) is 121 cm³/mol. The average Bonchev–Trinajstić information content (AvgIpc) is 3.66. The van der Waals surface area contributed by atoms with Crippen LogP contribution in [-0.4, -0.2) is 33.4 Å². The summed E-state index contributed by atoms with van der Waals surface area (Å²) in [6, 6.07) is 10.9. The van der Waals surface area contributed by atoms with Crippen LogP contribution in [0.1, 0.15) is 38.5 Å². The highest BCUT2D eigenvalue weighted by atomic mass is 16.5. The molecule has 0 saturated heterocycles. The maximum absolute atomic E-state index is 12.8. The van der Waals surface area contributed by atoms with E-state index in [1.54, 1.807) is 35.2 Å². The van der Waals surface area contributed by atoms with E-state index in [4.69, 9.17) is 4.74 Å². The number of pyridine rings is 1. The van der Waals surface area contributed by atoms with Gasteiger partial charge in [0.1, 0.15) is 17.3 Å². The van der Waals surface area contributed by atoms with E-state index in [9.17, 15) is 14.4 Å². The molecule has 1 aromatic carbocycles. The fourth-order valence-electron chi connectivity index (χ4n) is 3.91. The van der Waals surface area contributed by atoms with Gasteiger partial charge in [-0.2, -0.15) is 0 Å². The second-order valence-corrected chi connectivity index (χ2v) is 9.14. The molecule has 8 heteroatoms. The molecule has 6 rings (SSSR count). The summed E-state index contributed by atoms with van der Waals surface area (Å²) in [6.07, 6.45) is 8.66. The topological polar surface area (TPSA) is 93.5 Å². The third-order valence-corrected chi connectivity index (χ3v) is 6.26. The van der Waals surface area contributed by atoms with Gasteiger partial charge in [0.2, 0.25) is 11.8 Å². The number of aromatic nitrogens is 2. The molecule has 0 bridgehead atoms. The van der Waals surface area contributed by atoms with Gasteiger partial charge in [-0.05, 0) is 68.9 Å². The Morgan fingerprint density at radius 2 is 1.61 bits per heavy atom. The molecule has 3 amide bonds. The van der Waals surface area contributed by atoms with Crippen LogP contribution in [0.15, 0.2) is 48.8 Å². The largest absolute Gasteiger partial charge is 0.457 e. The van der Waals surface area contributed by atoms with Gasteiger partial charge >= 0.3 is 6.03 Å². The van der Waals surface area contributed by atoms with Gasteiger partial charge in [0.05, 0.1) is 5.52 Å². The Balaban J connectivity index is 1.24. The number of carbonyl (C=O) groups excluding carboxylic acids is 3. The van der Waals surface area contributed by atoms with Crippen molar-refractivity contribution in [2.75, 3.05) is 4.90 Å².